The first-order chi connectivity index (χ1) is 17.3. The number of hydrogen-bond donors (Lipinski definition) is 2. The third kappa shape index (κ3) is 4.51. The smallest absolute Gasteiger partial charge is 0.211 e. The number of pyridine rings is 1. The molecule has 0 bridgehead atoms. The van der Waals surface area contributed by atoms with Crippen molar-refractivity contribution in [3.8, 4) is 17.1 Å². The molecule has 1 unspecified atom stereocenters. The predicted molar refractivity (Wildman–Crippen MR) is 135 cm³/mol. The summed E-state index contributed by atoms with van der Waals surface area (Å²) in [5.74, 6) is 0.872. The SMILES string of the molecule is CS(=O)(=O)N1CCC(c2ccc(-c3nc4cc(O[C@@H]5COC6[C@H](O)CO[C@@H]65)[nH]c4cc3Cl)cc2)CC1. The lowest BCUT2D eigenvalue weighted by atomic mass is 9.89. The standard InChI is InChI=1S/C25H28ClN3O6S/c1-36(31,32)29-8-6-15(7-9-29)14-2-4-16(5-3-14)23-17(26)10-18-19(28-23)11-22(27-18)35-21-13-34-24-20(30)12-33-25(21)24/h2-5,10-11,15,20-21,24-25,27,30H,6-9,12-13H2,1H3/t20-,21-,24?,25-/m1/s1. The van der Waals surface area contributed by atoms with Crippen LogP contribution in [0.5, 0.6) is 5.88 Å². The lowest BCUT2D eigenvalue weighted by molar-refractivity contribution is 0.00794. The fraction of sp³-hybridized carbons (Fsp3) is 0.480. The number of aliphatic hydroxyl groups is 1. The fourth-order valence-corrected chi connectivity index (χ4v) is 6.55. The first-order valence-electron chi connectivity index (χ1n) is 12.1. The Bertz CT molecular complexity index is 1370. The second-order valence-corrected chi connectivity index (χ2v) is 12.2. The van der Waals surface area contributed by atoms with E-state index in [1.807, 2.05) is 24.3 Å². The van der Waals surface area contributed by atoms with Crippen LogP contribution in [0.2, 0.25) is 5.02 Å². The molecule has 11 heteroatoms. The van der Waals surface area contributed by atoms with E-state index in [2.05, 4.69) is 17.1 Å². The van der Waals surface area contributed by atoms with E-state index in [1.165, 1.54) is 11.8 Å². The number of halogens is 1. The van der Waals surface area contributed by atoms with Gasteiger partial charge < -0.3 is 24.3 Å². The number of nitrogens with one attached hydrogen (secondary N) is 1. The number of sulfonamides is 1. The molecule has 2 aromatic heterocycles. The summed E-state index contributed by atoms with van der Waals surface area (Å²) in [4.78, 5) is 7.99. The van der Waals surface area contributed by atoms with E-state index in [0.717, 1.165) is 29.4 Å². The van der Waals surface area contributed by atoms with Crippen molar-refractivity contribution < 1.29 is 27.7 Å². The van der Waals surface area contributed by atoms with E-state index in [9.17, 15) is 13.5 Å². The van der Waals surface area contributed by atoms with Crippen molar-refractivity contribution >= 4 is 32.7 Å². The number of aromatic amines is 1. The van der Waals surface area contributed by atoms with Crippen LogP contribution in [0.4, 0.5) is 0 Å². The highest BCUT2D eigenvalue weighted by Crippen LogP contribution is 2.35. The minimum atomic E-state index is -3.13. The molecule has 0 spiro atoms. The van der Waals surface area contributed by atoms with E-state index >= 15 is 0 Å². The van der Waals surface area contributed by atoms with E-state index in [1.54, 1.807) is 4.31 Å². The van der Waals surface area contributed by atoms with Gasteiger partial charge in [-0.1, -0.05) is 35.9 Å². The summed E-state index contributed by atoms with van der Waals surface area (Å²) in [7, 11) is -3.13. The summed E-state index contributed by atoms with van der Waals surface area (Å²) in [5, 5.41) is 10.5. The molecule has 9 nitrogen and oxygen atoms in total. The van der Waals surface area contributed by atoms with Crippen molar-refractivity contribution in [1.29, 1.82) is 0 Å². The first-order valence-corrected chi connectivity index (χ1v) is 14.3. The average Bonchev–Trinajstić information content (AvgIpc) is 3.55. The molecule has 3 aliphatic heterocycles. The number of aromatic nitrogens is 2. The maximum atomic E-state index is 11.8. The number of piperidine rings is 1. The lowest BCUT2D eigenvalue weighted by Crippen LogP contribution is -2.37. The molecule has 0 aliphatic carbocycles. The normalized spacial score (nSPS) is 27.5. The number of benzene rings is 1. The minimum absolute atomic E-state index is 0.251. The highest BCUT2D eigenvalue weighted by atomic mass is 35.5. The van der Waals surface area contributed by atoms with Crippen molar-refractivity contribution in [1.82, 2.24) is 14.3 Å². The molecule has 3 fully saturated rings. The Hall–Kier alpha value is -2.21. The van der Waals surface area contributed by atoms with Gasteiger partial charge in [-0.3, -0.25) is 0 Å². The molecule has 4 atom stereocenters. The topological polar surface area (TPSA) is 114 Å². The molecule has 0 amide bonds. The van der Waals surface area contributed by atoms with Crippen LogP contribution >= 0.6 is 11.6 Å². The fourth-order valence-electron chi connectivity index (χ4n) is 5.41. The van der Waals surface area contributed by atoms with E-state index in [4.69, 9.17) is 30.8 Å². The third-order valence-electron chi connectivity index (χ3n) is 7.37. The summed E-state index contributed by atoms with van der Waals surface area (Å²) in [6, 6.07) is 11.9. The maximum Gasteiger partial charge on any atom is 0.211 e. The van der Waals surface area contributed by atoms with Gasteiger partial charge in [-0.25, -0.2) is 17.7 Å². The van der Waals surface area contributed by atoms with Crippen LogP contribution in [0, 0.1) is 0 Å². The molecular weight excluding hydrogens is 506 g/mol. The molecule has 0 saturated carbocycles. The molecular formula is C25H28ClN3O6S. The van der Waals surface area contributed by atoms with Crippen molar-refractivity contribution in [3.05, 3.63) is 47.0 Å². The van der Waals surface area contributed by atoms with Crippen LogP contribution in [0.15, 0.2) is 36.4 Å². The van der Waals surface area contributed by atoms with Gasteiger partial charge >= 0.3 is 0 Å². The number of rotatable bonds is 5. The zero-order valence-corrected chi connectivity index (χ0v) is 21.3. The molecule has 192 valence electrons. The summed E-state index contributed by atoms with van der Waals surface area (Å²) >= 11 is 6.60. The van der Waals surface area contributed by atoms with Crippen molar-refractivity contribution in [2.75, 3.05) is 32.6 Å². The van der Waals surface area contributed by atoms with Crippen LogP contribution in [-0.2, 0) is 19.5 Å². The lowest BCUT2D eigenvalue weighted by Gasteiger charge is -2.30. The van der Waals surface area contributed by atoms with Crippen LogP contribution in [0.3, 0.4) is 0 Å². The third-order valence-corrected chi connectivity index (χ3v) is 8.96. The van der Waals surface area contributed by atoms with Gasteiger partial charge in [0.05, 0.1) is 41.2 Å². The van der Waals surface area contributed by atoms with Crippen LogP contribution in [-0.4, -0.2) is 84.8 Å². The minimum Gasteiger partial charge on any atom is -0.470 e. The maximum absolute atomic E-state index is 11.8. The Morgan fingerprint density at radius 2 is 1.83 bits per heavy atom. The Labute approximate surface area is 214 Å². The van der Waals surface area contributed by atoms with Gasteiger partial charge in [0.2, 0.25) is 10.0 Å². The molecule has 0 radical (unpaired) electrons. The summed E-state index contributed by atoms with van der Waals surface area (Å²) in [5.41, 5.74) is 4.26. The first kappa shape index (κ1) is 24.1. The zero-order chi connectivity index (χ0) is 25.0. The monoisotopic (exact) mass is 533 g/mol. The van der Waals surface area contributed by atoms with Gasteiger partial charge in [-0.2, -0.15) is 0 Å². The number of hydrogen-bond acceptors (Lipinski definition) is 7. The van der Waals surface area contributed by atoms with Crippen LogP contribution in [0.25, 0.3) is 22.3 Å². The average molecular weight is 534 g/mol. The van der Waals surface area contributed by atoms with Crippen molar-refractivity contribution in [2.45, 2.75) is 43.2 Å². The number of nitrogens with zero attached hydrogens (tertiary/aromatic N) is 2. The van der Waals surface area contributed by atoms with Crippen LogP contribution < -0.4 is 4.74 Å². The van der Waals surface area contributed by atoms with Gasteiger partial charge in [0.25, 0.3) is 0 Å². The number of H-pyrrole nitrogens is 1. The van der Waals surface area contributed by atoms with Crippen molar-refractivity contribution in [2.24, 2.45) is 0 Å². The summed E-state index contributed by atoms with van der Waals surface area (Å²) < 4.78 is 42.5. The number of fused-ring (bicyclic) bond motifs is 2. The van der Waals surface area contributed by atoms with E-state index in [0.29, 0.717) is 42.2 Å². The van der Waals surface area contributed by atoms with Gasteiger partial charge in [0.15, 0.2) is 12.0 Å². The summed E-state index contributed by atoms with van der Waals surface area (Å²) in [6.45, 7) is 1.70. The molecule has 36 heavy (non-hydrogen) atoms. The Balaban J connectivity index is 1.17. The highest BCUT2D eigenvalue weighted by Gasteiger charge is 2.48. The Morgan fingerprint density at radius 3 is 2.56 bits per heavy atom. The number of ether oxygens (including phenoxy) is 3. The van der Waals surface area contributed by atoms with E-state index < -0.39 is 16.1 Å². The van der Waals surface area contributed by atoms with Gasteiger partial charge in [-0.15, -0.1) is 0 Å². The largest absolute Gasteiger partial charge is 0.470 e. The summed E-state index contributed by atoms with van der Waals surface area (Å²) in [6.07, 6.45) is 1.29. The van der Waals surface area contributed by atoms with Crippen molar-refractivity contribution in [3.63, 3.8) is 0 Å². The van der Waals surface area contributed by atoms with E-state index in [-0.39, 0.29) is 24.9 Å². The van der Waals surface area contributed by atoms with Gasteiger partial charge in [0.1, 0.15) is 18.3 Å². The molecule has 3 aliphatic rings. The molecule has 3 aromatic rings. The zero-order valence-electron chi connectivity index (χ0n) is 19.8. The van der Waals surface area contributed by atoms with Crippen LogP contribution in [0.1, 0.15) is 24.3 Å². The second kappa shape index (κ2) is 9.27. The predicted octanol–water partition coefficient (Wildman–Crippen LogP) is 2.93. The molecule has 5 heterocycles. The molecule has 6 rings (SSSR count). The van der Waals surface area contributed by atoms with Gasteiger partial charge in [0, 0.05) is 24.7 Å². The molecule has 2 N–H and O–H groups in total. The highest BCUT2D eigenvalue weighted by molar-refractivity contribution is 7.88. The quantitative estimate of drug-likeness (QED) is 0.518. The number of aliphatic hydroxyl groups excluding tert-OH is 1. The Morgan fingerprint density at radius 1 is 1.11 bits per heavy atom. The van der Waals surface area contributed by atoms with Gasteiger partial charge in [-0.05, 0) is 30.4 Å². The Kier molecular flexibility index (Phi) is 6.22. The second-order valence-electron chi connectivity index (χ2n) is 9.76. The molecule has 1 aromatic carbocycles. The molecule has 3 saturated heterocycles.